The summed E-state index contributed by atoms with van der Waals surface area (Å²) in [5, 5.41) is 0.259. The molecule has 128 valence electrons. The molecule has 0 aliphatic carbocycles. The topological polar surface area (TPSA) is 69.9 Å². The second-order valence-corrected chi connectivity index (χ2v) is 5.53. The Bertz CT molecular complexity index is 911. The molecule has 0 aliphatic rings. The van der Waals surface area contributed by atoms with Crippen LogP contribution < -0.4 is 0 Å². The molecule has 0 radical (unpaired) electrons. The van der Waals surface area contributed by atoms with E-state index in [1.54, 1.807) is 47.3 Å². The lowest BCUT2D eigenvalue weighted by molar-refractivity contribution is 0.0535. The standard InChI is InChI=1S/C17H14ClFN4O2/c18-15-14-16(21-10-20-15)23(11-22-14)7-6-12(8-19)9-25-17(24)13-4-2-1-3-5-13/h1-6,10-11H,7-9H2/b12-6+. The number of esters is 1. The van der Waals surface area contributed by atoms with Crippen LogP contribution in [-0.2, 0) is 11.3 Å². The van der Waals surface area contributed by atoms with E-state index in [0.717, 1.165) is 0 Å². The predicted octanol–water partition coefficient (Wildman–Crippen LogP) is 3.23. The van der Waals surface area contributed by atoms with Crippen molar-refractivity contribution in [1.29, 1.82) is 0 Å². The van der Waals surface area contributed by atoms with Gasteiger partial charge in [0.05, 0.1) is 11.9 Å². The summed E-state index contributed by atoms with van der Waals surface area (Å²) in [4.78, 5) is 24.0. The maximum atomic E-state index is 13.2. The van der Waals surface area contributed by atoms with Crippen molar-refractivity contribution in [3.8, 4) is 0 Å². The monoisotopic (exact) mass is 360 g/mol. The number of nitrogens with zero attached hydrogens (tertiary/aromatic N) is 4. The maximum Gasteiger partial charge on any atom is 0.338 e. The van der Waals surface area contributed by atoms with E-state index >= 15 is 0 Å². The Morgan fingerprint density at radius 1 is 1.24 bits per heavy atom. The molecule has 3 aromatic rings. The van der Waals surface area contributed by atoms with Gasteiger partial charge in [0.2, 0.25) is 0 Å². The first kappa shape index (κ1) is 17.0. The van der Waals surface area contributed by atoms with E-state index in [9.17, 15) is 9.18 Å². The minimum Gasteiger partial charge on any atom is -0.457 e. The van der Waals surface area contributed by atoms with Crippen LogP contribution in [-0.4, -0.2) is 38.8 Å². The highest BCUT2D eigenvalue weighted by atomic mass is 35.5. The molecule has 0 atom stereocenters. The summed E-state index contributed by atoms with van der Waals surface area (Å²) in [6.45, 7) is -0.511. The zero-order valence-electron chi connectivity index (χ0n) is 13.1. The zero-order valence-corrected chi connectivity index (χ0v) is 13.9. The third-order valence-corrected chi connectivity index (χ3v) is 3.78. The number of allylic oxidation sites excluding steroid dienone is 1. The van der Waals surface area contributed by atoms with Crippen LogP contribution in [0.15, 0.2) is 54.6 Å². The molecule has 0 fully saturated rings. The van der Waals surface area contributed by atoms with E-state index < -0.39 is 12.6 Å². The summed E-state index contributed by atoms with van der Waals surface area (Å²) in [7, 11) is 0. The molecule has 0 amide bonds. The molecule has 0 spiro atoms. The Labute approximate surface area is 147 Å². The van der Waals surface area contributed by atoms with Crippen molar-refractivity contribution in [2.24, 2.45) is 0 Å². The third-order valence-electron chi connectivity index (χ3n) is 3.50. The van der Waals surface area contributed by atoms with Crippen molar-refractivity contribution in [1.82, 2.24) is 19.5 Å². The quantitative estimate of drug-likeness (QED) is 0.383. The average molecular weight is 361 g/mol. The van der Waals surface area contributed by atoms with Crippen LogP contribution in [0.25, 0.3) is 11.2 Å². The zero-order chi connectivity index (χ0) is 17.6. The van der Waals surface area contributed by atoms with Gasteiger partial charge in [0.15, 0.2) is 10.8 Å². The Morgan fingerprint density at radius 3 is 2.80 bits per heavy atom. The van der Waals surface area contributed by atoms with Crippen LogP contribution >= 0.6 is 11.6 Å². The molecular formula is C17H14ClFN4O2. The Morgan fingerprint density at radius 2 is 2.04 bits per heavy atom. The Hall–Kier alpha value is -2.80. The second-order valence-electron chi connectivity index (χ2n) is 5.17. The number of carbonyl (C=O) groups excluding carboxylic acids is 1. The normalized spacial score (nSPS) is 11.7. The van der Waals surface area contributed by atoms with Gasteiger partial charge in [-0.2, -0.15) is 0 Å². The number of benzene rings is 1. The Kier molecular flexibility index (Phi) is 5.35. The van der Waals surface area contributed by atoms with Gasteiger partial charge < -0.3 is 9.30 Å². The fourth-order valence-corrected chi connectivity index (χ4v) is 2.36. The SMILES string of the molecule is O=C(OC/C(=C/Cn1cnc2c(Cl)ncnc21)CF)c1ccccc1. The number of hydrogen-bond donors (Lipinski definition) is 0. The fourth-order valence-electron chi connectivity index (χ4n) is 2.18. The molecule has 3 rings (SSSR count). The van der Waals surface area contributed by atoms with Crippen molar-refractivity contribution in [3.63, 3.8) is 0 Å². The van der Waals surface area contributed by atoms with Crippen LogP contribution in [0.3, 0.4) is 0 Å². The molecule has 2 aromatic heterocycles. The fraction of sp³-hybridized carbons (Fsp3) is 0.176. The minimum absolute atomic E-state index is 0.118. The van der Waals surface area contributed by atoms with E-state index in [0.29, 0.717) is 28.8 Å². The van der Waals surface area contributed by atoms with Gasteiger partial charge in [0.25, 0.3) is 0 Å². The molecule has 2 heterocycles. The van der Waals surface area contributed by atoms with Crippen molar-refractivity contribution in [2.75, 3.05) is 13.3 Å². The first-order chi connectivity index (χ1) is 12.2. The highest BCUT2D eigenvalue weighted by molar-refractivity contribution is 6.33. The van der Waals surface area contributed by atoms with E-state index in [-0.39, 0.29) is 11.8 Å². The van der Waals surface area contributed by atoms with Gasteiger partial charge in [-0.05, 0) is 17.7 Å². The highest BCUT2D eigenvalue weighted by Crippen LogP contribution is 2.17. The van der Waals surface area contributed by atoms with E-state index in [2.05, 4.69) is 15.0 Å². The molecular weight excluding hydrogens is 347 g/mol. The number of fused-ring (bicyclic) bond motifs is 1. The summed E-state index contributed by atoms with van der Waals surface area (Å²) < 4.78 is 20.0. The van der Waals surface area contributed by atoms with Gasteiger partial charge in [0, 0.05) is 6.54 Å². The van der Waals surface area contributed by atoms with Gasteiger partial charge in [0.1, 0.15) is 25.1 Å². The number of carbonyl (C=O) groups is 1. The molecule has 0 N–H and O–H groups in total. The number of aromatic nitrogens is 4. The lowest BCUT2D eigenvalue weighted by Crippen LogP contribution is -2.09. The molecule has 25 heavy (non-hydrogen) atoms. The molecule has 0 saturated heterocycles. The number of imidazole rings is 1. The van der Waals surface area contributed by atoms with Crippen LogP contribution in [0.5, 0.6) is 0 Å². The molecule has 0 bridgehead atoms. The molecule has 1 aromatic carbocycles. The Balaban J connectivity index is 1.66. The third kappa shape index (κ3) is 4.00. The molecule has 0 saturated carbocycles. The first-order valence-corrected chi connectivity index (χ1v) is 7.84. The van der Waals surface area contributed by atoms with Gasteiger partial charge in [-0.3, -0.25) is 0 Å². The lowest BCUT2D eigenvalue weighted by atomic mass is 10.2. The van der Waals surface area contributed by atoms with Crippen molar-refractivity contribution >= 4 is 28.7 Å². The van der Waals surface area contributed by atoms with Crippen molar-refractivity contribution in [3.05, 3.63) is 65.4 Å². The molecule has 6 nitrogen and oxygen atoms in total. The van der Waals surface area contributed by atoms with Crippen LogP contribution in [0.4, 0.5) is 4.39 Å². The summed E-state index contributed by atoms with van der Waals surface area (Å²) in [5.41, 5.74) is 1.81. The van der Waals surface area contributed by atoms with Gasteiger partial charge in [-0.25, -0.2) is 24.1 Å². The van der Waals surface area contributed by atoms with Crippen LogP contribution in [0, 0.1) is 0 Å². The molecule has 0 unspecified atom stereocenters. The van der Waals surface area contributed by atoms with E-state index in [1.165, 1.54) is 6.33 Å². The lowest BCUT2D eigenvalue weighted by Gasteiger charge is -2.07. The number of rotatable bonds is 6. The number of alkyl halides is 1. The summed E-state index contributed by atoms with van der Waals surface area (Å²) in [6, 6.07) is 8.55. The predicted molar refractivity (Wildman–Crippen MR) is 91.1 cm³/mol. The minimum atomic E-state index is -0.718. The number of ether oxygens (including phenoxy) is 1. The van der Waals surface area contributed by atoms with E-state index in [1.807, 2.05) is 0 Å². The van der Waals surface area contributed by atoms with Crippen LogP contribution in [0.2, 0.25) is 5.15 Å². The van der Waals surface area contributed by atoms with Crippen LogP contribution in [0.1, 0.15) is 10.4 Å². The van der Waals surface area contributed by atoms with Gasteiger partial charge >= 0.3 is 5.97 Å². The number of halogens is 2. The average Bonchev–Trinajstić information content (AvgIpc) is 3.07. The highest BCUT2D eigenvalue weighted by Gasteiger charge is 2.09. The summed E-state index contributed by atoms with van der Waals surface area (Å²) in [5.74, 6) is -0.493. The second kappa shape index (κ2) is 7.85. The van der Waals surface area contributed by atoms with Gasteiger partial charge in [-0.1, -0.05) is 35.9 Å². The number of hydrogen-bond acceptors (Lipinski definition) is 5. The molecule has 8 heteroatoms. The largest absolute Gasteiger partial charge is 0.457 e. The van der Waals surface area contributed by atoms with E-state index in [4.69, 9.17) is 16.3 Å². The summed E-state index contributed by atoms with van der Waals surface area (Å²) in [6.07, 6.45) is 4.52. The van der Waals surface area contributed by atoms with Crippen molar-refractivity contribution in [2.45, 2.75) is 6.54 Å². The maximum absolute atomic E-state index is 13.2. The van der Waals surface area contributed by atoms with Crippen molar-refractivity contribution < 1.29 is 13.9 Å². The smallest absolute Gasteiger partial charge is 0.338 e. The molecule has 0 aliphatic heterocycles. The van der Waals surface area contributed by atoms with Gasteiger partial charge in [-0.15, -0.1) is 0 Å². The summed E-state index contributed by atoms with van der Waals surface area (Å²) >= 11 is 5.94. The first-order valence-electron chi connectivity index (χ1n) is 7.46.